The number of hydrogen-bond acceptors (Lipinski definition) is 2. The Morgan fingerprint density at radius 1 is 1.25 bits per heavy atom. The standard InChI is InChI=1S/C8H17NO2.K/c1-3-5-9(6-4-2)7-8(10)11;/h3-7H2,1-2H3,(H,10,11);. The predicted molar refractivity (Wildman–Crippen MR) is 50.4 cm³/mol. The molecule has 3 nitrogen and oxygen atoms in total. The number of carbonyl (C=O) groups is 1. The fourth-order valence-corrected chi connectivity index (χ4v) is 1.09. The van der Waals surface area contributed by atoms with Crippen LogP contribution in [-0.4, -0.2) is 87.0 Å². The van der Waals surface area contributed by atoms with Crippen LogP contribution in [0.2, 0.25) is 0 Å². The van der Waals surface area contributed by atoms with Gasteiger partial charge in [0.1, 0.15) is 0 Å². The Hall–Kier alpha value is 1.07. The molecule has 0 amide bonds. The summed E-state index contributed by atoms with van der Waals surface area (Å²) in [7, 11) is 0. The van der Waals surface area contributed by atoms with Gasteiger partial charge in [0.15, 0.2) is 0 Å². The minimum atomic E-state index is -0.730. The summed E-state index contributed by atoms with van der Waals surface area (Å²) in [6.07, 6.45) is 2.04. The molecule has 0 saturated heterocycles. The van der Waals surface area contributed by atoms with Crippen molar-refractivity contribution in [2.45, 2.75) is 26.7 Å². The Kier molecular flexibility index (Phi) is 13.1. The van der Waals surface area contributed by atoms with Crippen molar-refractivity contribution in [3.8, 4) is 0 Å². The van der Waals surface area contributed by atoms with Crippen LogP contribution in [0.3, 0.4) is 0 Å². The van der Waals surface area contributed by atoms with Crippen molar-refractivity contribution >= 4 is 57.4 Å². The van der Waals surface area contributed by atoms with Gasteiger partial charge in [0.2, 0.25) is 0 Å². The molecule has 0 aliphatic rings. The molecule has 0 bridgehead atoms. The van der Waals surface area contributed by atoms with E-state index in [1.165, 1.54) is 0 Å². The van der Waals surface area contributed by atoms with Gasteiger partial charge >= 0.3 is 5.97 Å². The average Bonchev–Trinajstić information content (AvgIpc) is 1.87. The van der Waals surface area contributed by atoms with Crippen LogP contribution in [0.15, 0.2) is 0 Å². The molecule has 0 fully saturated rings. The van der Waals surface area contributed by atoms with E-state index in [1.54, 1.807) is 0 Å². The first-order valence-corrected chi connectivity index (χ1v) is 4.14. The maximum Gasteiger partial charge on any atom is 0.317 e. The van der Waals surface area contributed by atoms with E-state index in [0.717, 1.165) is 25.9 Å². The minimum absolute atomic E-state index is 0. The fourth-order valence-electron chi connectivity index (χ4n) is 1.09. The van der Waals surface area contributed by atoms with E-state index in [0.29, 0.717) is 0 Å². The summed E-state index contributed by atoms with van der Waals surface area (Å²) in [5.41, 5.74) is 0. The smallest absolute Gasteiger partial charge is 0.317 e. The SMILES string of the molecule is CCCN(CCC)CC(=O)O.[K]. The van der Waals surface area contributed by atoms with Gasteiger partial charge in [-0.3, -0.25) is 9.69 Å². The normalized spacial score (nSPS) is 9.58. The van der Waals surface area contributed by atoms with Crippen LogP contribution in [0.4, 0.5) is 0 Å². The Bertz CT molecular complexity index is 114. The second kappa shape index (κ2) is 10.1. The van der Waals surface area contributed by atoms with Gasteiger partial charge in [0, 0.05) is 51.4 Å². The van der Waals surface area contributed by atoms with Gasteiger partial charge in [-0.15, -0.1) is 0 Å². The van der Waals surface area contributed by atoms with E-state index in [-0.39, 0.29) is 57.9 Å². The van der Waals surface area contributed by atoms with Crippen LogP contribution in [-0.2, 0) is 4.79 Å². The van der Waals surface area contributed by atoms with Gasteiger partial charge in [0.05, 0.1) is 6.54 Å². The third-order valence-corrected chi connectivity index (χ3v) is 1.44. The van der Waals surface area contributed by atoms with E-state index in [2.05, 4.69) is 13.8 Å². The summed E-state index contributed by atoms with van der Waals surface area (Å²) < 4.78 is 0. The van der Waals surface area contributed by atoms with E-state index >= 15 is 0 Å². The van der Waals surface area contributed by atoms with Crippen molar-refractivity contribution < 1.29 is 9.90 Å². The second-order valence-corrected chi connectivity index (χ2v) is 2.67. The number of aliphatic carboxylic acids is 1. The van der Waals surface area contributed by atoms with E-state index in [1.807, 2.05) is 4.90 Å². The molecule has 0 aliphatic carbocycles. The molecule has 1 N–H and O–H groups in total. The first kappa shape index (κ1) is 15.5. The van der Waals surface area contributed by atoms with E-state index in [9.17, 15) is 4.79 Å². The third-order valence-electron chi connectivity index (χ3n) is 1.44. The van der Waals surface area contributed by atoms with Crippen LogP contribution in [0.25, 0.3) is 0 Å². The van der Waals surface area contributed by atoms with E-state index in [4.69, 9.17) is 5.11 Å². The van der Waals surface area contributed by atoms with Gasteiger partial charge in [-0.05, 0) is 25.9 Å². The molecule has 0 aromatic carbocycles. The van der Waals surface area contributed by atoms with Gasteiger partial charge in [-0.1, -0.05) is 13.8 Å². The number of rotatable bonds is 6. The predicted octanol–water partition coefficient (Wildman–Crippen LogP) is 0.812. The topological polar surface area (TPSA) is 40.5 Å². The van der Waals surface area contributed by atoms with Crippen LogP contribution in [0, 0.1) is 0 Å². The number of nitrogens with zero attached hydrogens (tertiary/aromatic N) is 1. The Labute approximate surface area is 117 Å². The summed E-state index contributed by atoms with van der Waals surface area (Å²) in [4.78, 5) is 12.3. The summed E-state index contributed by atoms with van der Waals surface area (Å²) in [5.74, 6) is -0.730. The molecule has 1 radical (unpaired) electrons. The summed E-state index contributed by atoms with van der Waals surface area (Å²) in [6.45, 7) is 6.08. The van der Waals surface area contributed by atoms with Crippen molar-refractivity contribution in [2.24, 2.45) is 0 Å². The van der Waals surface area contributed by atoms with Crippen molar-refractivity contribution in [2.75, 3.05) is 19.6 Å². The summed E-state index contributed by atoms with van der Waals surface area (Å²) in [6, 6.07) is 0. The number of carboxylic acid groups (broad SMARTS) is 1. The van der Waals surface area contributed by atoms with Crippen molar-refractivity contribution in [1.82, 2.24) is 4.90 Å². The quantitative estimate of drug-likeness (QED) is 0.642. The molecular weight excluding hydrogens is 181 g/mol. The molecule has 0 rings (SSSR count). The van der Waals surface area contributed by atoms with Crippen molar-refractivity contribution in [3.05, 3.63) is 0 Å². The molecule has 0 unspecified atom stereocenters. The van der Waals surface area contributed by atoms with Gasteiger partial charge in [0.25, 0.3) is 0 Å². The molecule has 0 aromatic heterocycles. The van der Waals surface area contributed by atoms with E-state index < -0.39 is 5.97 Å². The molecular formula is C8H17KNO2. The maximum atomic E-state index is 10.3. The summed E-state index contributed by atoms with van der Waals surface area (Å²) >= 11 is 0. The molecule has 0 saturated carbocycles. The number of carboxylic acids is 1. The Morgan fingerprint density at radius 2 is 1.67 bits per heavy atom. The fraction of sp³-hybridized carbons (Fsp3) is 0.875. The Balaban J connectivity index is 0. The molecule has 0 atom stereocenters. The first-order chi connectivity index (χ1) is 5.20. The molecule has 4 heteroatoms. The van der Waals surface area contributed by atoms with Crippen LogP contribution < -0.4 is 0 Å². The third kappa shape index (κ3) is 9.16. The Morgan fingerprint density at radius 3 is 1.92 bits per heavy atom. The average molecular weight is 198 g/mol. The largest absolute Gasteiger partial charge is 0.480 e. The molecule has 0 aliphatic heterocycles. The first-order valence-electron chi connectivity index (χ1n) is 4.14. The van der Waals surface area contributed by atoms with Gasteiger partial charge in [-0.25, -0.2) is 0 Å². The van der Waals surface area contributed by atoms with Gasteiger partial charge in [-0.2, -0.15) is 0 Å². The molecule has 67 valence electrons. The minimum Gasteiger partial charge on any atom is -0.480 e. The molecule has 0 heterocycles. The van der Waals surface area contributed by atoms with Crippen LogP contribution in [0.5, 0.6) is 0 Å². The molecule has 12 heavy (non-hydrogen) atoms. The zero-order chi connectivity index (χ0) is 8.69. The van der Waals surface area contributed by atoms with Crippen molar-refractivity contribution in [3.63, 3.8) is 0 Å². The molecule has 0 spiro atoms. The van der Waals surface area contributed by atoms with Gasteiger partial charge < -0.3 is 5.11 Å². The summed E-state index contributed by atoms with van der Waals surface area (Å²) in [5, 5.41) is 8.50. The van der Waals surface area contributed by atoms with Crippen LogP contribution >= 0.6 is 0 Å². The van der Waals surface area contributed by atoms with Crippen molar-refractivity contribution in [1.29, 1.82) is 0 Å². The van der Waals surface area contributed by atoms with Crippen LogP contribution in [0.1, 0.15) is 26.7 Å². The second-order valence-electron chi connectivity index (χ2n) is 2.67. The number of hydrogen-bond donors (Lipinski definition) is 1. The zero-order valence-corrected chi connectivity index (χ0v) is 11.5. The maximum absolute atomic E-state index is 10.3. The molecule has 0 aromatic rings. The monoisotopic (exact) mass is 198 g/mol. The zero-order valence-electron chi connectivity index (χ0n) is 8.34.